The second kappa shape index (κ2) is 6.02. The molecule has 0 atom stereocenters. The third-order valence-electron chi connectivity index (χ3n) is 3.74. The molecule has 2 rings (SSSR count). The summed E-state index contributed by atoms with van der Waals surface area (Å²) in [6.45, 7) is 12.7. The van der Waals surface area contributed by atoms with Gasteiger partial charge in [0.2, 0.25) is 5.71 Å². The number of nitrogens with zero attached hydrogens (tertiary/aromatic N) is 2. The van der Waals surface area contributed by atoms with Crippen molar-refractivity contribution in [3.63, 3.8) is 0 Å². The summed E-state index contributed by atoms with van der Waals surface area (Å²) in [6, 6.07) is 0. The fourth-order valence-electron chi connectivity index (χ4n) is 2.28. The van der Waals surface area contributed by atoms with Crippen LogP contribution in [0.1, 0.15) is 25.2 Å². The van der Waals surface area contributed by atoms with E-state index in [1.54, 1.807) is 11.2 Å². The summed E-state index contributed by atoms with van der Waals surface area (Å²) in [5.41, 5.74) is 1.79. The molecule has 2 aromatic heterocycles. The largest absolute Gasteiger partial charge is 0.443 e. The minimum Gasteiger partial charge on any atom is -0.443 e. The highest BCUT2D eigenvalue weighted by atomic mass is 16.3. The number of likely N-dealkylation sites (N-methyl/N-ethyl adjacent to an activating group) is 1. The number of hydrogen-bond acceptors (Lipinski definition) is 4. The van der Waals surface area contributed by atoms with Gasteiger partial charge in [-0.2, -0.15) is 0 Å². The van der Waals surface area contributed by atoms with Crippen molar-refractivity contribution in [2.24, 2.45) is 0 Å². The highest BCUT2D eigenvalue weighted by Gasteiger charge is 2.13. The first kappa shape index (κ1) is 13.8. The number of aromatic nitrogens is 2. The molecular weight excluding hydrogens is 240 g/mol. The Morgan fingerprint density at radius 3 is 2.63 bits per heavy atom. The molecule has 104 valence electrons. The van der Waals surface area contributed by atoms with E-state index in [0.717, 1.165) is 48.7 Å². The number of nitrogens with one attached hydrogen (secondary N) is 2. The van der Waals surface area contributed by atoms with Gasteiger partial charge in [-0.15, -0.1) is 0 Å². The van der Waals surface area contributed by atoms with Crippen LogP contribution in [0, 0.1) is 13.8 Å². The van der Waals surface area contributed by atoms with Crippen molar-refractivity contribution >= 4 is 16.9 Å². The van der Waals surface area contributed by atoms with Gasteiger partial charge in [-0.25, -0.2) is 9.97 Å². The summed E-state index contributed by atoms with van der Waals surface area (Å²) in [4.78, 5) is 10.1. The molecule has 2 N–H and O–H groups in total. The predicted octanol–water partition coefficient (Wildman–Crippen LogP) is 1.18. The van der Waals surface area contributed by atoms with Gasteiger partial charge in [0.15, 0.2) is 0 Å². The summed E-state index contributed by atoms with van der Waals surface area (Å²) >= 11 is 0. The summed E-state index contributed by atoms with van der Waals surface area (Å²) in [6.07, 6.45) is 1.55. The van der Waals surface area contributed by atoms with E-state index in [4.69, 9.17) is 4.42 Å². The van der Waals surface area contributed by atoms with E-state index in [1.165, 1.54) is 0 Å². The van der Waals surface area contributed by atoms with E-state index < -0.39 is 0 Å². The Bertz CT molecular complexity index is 546. The summed E-state index contributed by atoms with van der Waals surface area (Å²) in [5.74, 6) is 1.79. The average Bonchev–Trinajstić information content (AvgIpc) is 2.71. The molecule has 2 aromatic rings. The first-order valence-electron chi connectivity index (χ1n) is 6.95. The zero-order valence-corrected chi connectivity index (χ0v) is 12.2. The van der Waals surface area contributed by atoms with Gasteiger partial charge >= 0.3 is 0 Å². The van der Waals surface area contributed by atoms with Gasteiger partial charge < -0.3 is 14.6 Å². The number of anilines is 1. The minimum atomic E-state index is 0.669. The number of aryl methyl sites for hydroxylation is 2. The highest BCUT2D eigenvalue weighted by molar-refractivity contribution is 5.89. The predicted molar refractivity (Wildman–Crippen MR) is 76.7 cm³/mol. The summed E-state index contributed by atoms with van der Waals surface area (Å²) in [7, 11) is 0. The SMILES string of the molecule is CC[NH+](CC)CCNc1ncnc2oc(C)c(C)c12. The van der Waals surface area contributed by atoms with E-state index in [1.807, 2.05) is 13.8 Å². The first-order valence-corrected chi connectivity index (χ1v) is 6.95. The maximum atomic E-state index is 5.61. The second-order valence-electron chi connectivity index (χ2n) is 4.82. The Hall–Kier alpha value is -1.62. The van der Waals surface area contributed by atoms with Gasteiger partial charge in [0.05, 0.1) is 31.6 Å². The maximum Gasteiger partial charge on any atom is 0.231 e. The van der Waals surface area contributed by atoms with Gasteiger partial charge in [0.25, 0.3) is 0 Å². The van der Waals surface area contributed by atoms with E-state index in [9.17, 15) is 0 Å². The van der Waals surface area contributed by atoms with Gasteiger partial charge in [0.1, 0.15) is 17.9 Å². The molecule has 0 bridgehead atoms. The fraction of sp³-hybridized carbons (Fsp3) is 0.571. The lowest BCUT2D eigenvalue weighted by molar-refractivity contribution is -0.894. The summed E-state index contributed by atoms with van der Waals surface area (Å²) < 4.78 is 5.61. The van der Waals surface area contributed by atoms with Crippen molar-refractivity contribution in [1.82, 2.24) is 9.97 Å². The number of hydrogen-bond donors (Lipinski definition) is 2. The van der Waals surface area contributed by atoms with Gasteiger partial charge in [0, 0.05) is 5.56 Å². The average molecular weight is 263 g/mol. The van der Waals surface area contributed by atoms with Crippen molar-refractivity contribution in [1.29, 1.82) is 0 Å². The molecule has 0 aromatic carbocycles. The van der Waals surface area contributed by atoms with E-state index in [-0.39, 0.29) is 0 Å². The quantitative estimate of drug-likeness (QED) is 0.821. The third kappa shape index (κ3) is 2.87. The van der Waals surface area contributed by atoms with Crippen molar-refractivity contribution in [2.45, 2.75) is 27.7 Å². The first-order chi connectivity index (χ1) is 9.17. The molecule has 2 heterocycles. The van der Waals surface area contributed by atoms with Crippen LogP contribution in [0.4, 0.5) is 5.82 Å². The van der Waals surface area contributed by atoms with Crippen LogP contribution in [0.3, 0.4) is 0 Å². The molecule has 0 saturated carbocycles. The van der Waals surface area contributed by atoms with Crippen LogP contribution in [0.25, 0.3) is 11.1 Å². The Balaban J connectivity index is 2.12. The van der Waals surface area contributed by atoms with Crippen LogP contribution in [0.2, 0.25) is 0 Å². The number of furan rings is 1. The Morgan fingerprint density at radius 2 is 1.95 bits per heavy atom. The molecule has 0 aliphatic heterocycles. The fourth-order valence-corrected chi connectivity index (χ4v) is 2.28. The molecule has 0 aliphatic carbocycles. The van der Waals surface area contributed by atoms with Crippen molar-refractivity contribution in [2.75, 3.05) is 31.5 Å². The highest BCUT2D eigenvalue weighted by Crippen LogP contribution is 2.27. The zero-order chi connectivity index (χ0) is 13.8. The molecule has 0 saturated heterocycles. The Morgan fingerprint density at radius 1 is 1.21 bits per heavy atom. The number of fused-ring (bicyclic) bond motifs is 1. The normalized spacial score (nSPS) is 11.4. The Labute approximate surface area is 114 Å². The van der Waals surface area contributed by atoms with Crippen LogP contribution >= 0.6 is 0 Å². The minimum absolute atomic E-state index is 0.669. The third-order valence-corrected chi connectivity index (χ3v) is 3.74. The van der Waals surface area contributed by atoms with Crippen LogP contribution in [0.5, 0.6) is 0 Å². The van der Waals surface area contributed by atoms with Gasteiger partial charge in [-0.05, 0) is 27.7 Å². The van der Waals surface area contributed by atoms with Crippen LogP contribution < -0.4 is 10.2 Å². The topological polar surface area (TPSA) is 55.4 Å². The van der Waals surface area contributed by atoms with Crippen LogP contribution in [0.15, 0.2) is 10.7 Å². The molecule has 0 amide bonds. The van der Waals surface area contributed by atoms with E-state index in [0.29, 0.717) is 5.71 Å². The standard InChI is InChI=1S/C14H22N4O/c1-5-18(6-2)8-7-15-13-12-10(3)11(4)19-14(12)17-9-16-13/h9H,5-8H2,1-4H3,(H,15,16,17)/p+1. The molecule has 0 radical (unpaired) electrons. The lowest BCUT2D eigenvalue weighted by Crippen LogP contribution is -3.12. The van der Waals surface area contributed by atoms with Gasteiger partial charge in [-0.1, -0.05) is 0 Å². The molecule has 0 fully saturated rings. The molecule has 5 nitrogen and oxygen atoms in total. The number of rotatable bonds is 6. The maximum absolute atomic E-state index is 5.61. The lowest BCUT2D eigenvalue weighted by Gasteiger charge is -2.15. The molecular formula is C14H23N4O+. The van der Waals surface area contributed by atoms with E-state index >= 15 is 0 Å². The molecule has 0 unspecified atom stereocenters. The van der Waals surface area contributed by atoms with Gasteiger partial charge in [-0.3, -0.25) is 0 Å². The van der Waals surface area contributed by atoms with Crippen LogP contribution in [-0.2, 0) is 0 Å². The van der Waals surface area contributed by atoms with Crippen molar-refractivity contribution < 1.29 is 9.32 Å². The molecule has 5 heteroatoms. The monoisotopic (exact) mass is 263 g/mol. The summed E-state index contributed by atoms with van der Waals surface area (Å²) in [5, 5.41) is 4.42. The van der Waals surface area contributed by atoms with E-state index in [2.05, 4.69) is 29.1 Å². The smallest absolute Gasteiger partial charge is 0.231 e. The van der Waals surface area contributed by atoms with Crippen molar-refractivity contribution in [3.8, 4) is 0 Å². The molecule has 0 aliphatic rings. The zero-order valence-electron chi connectivity index (χ0n) is 12.2. The molecule has 19 heavy (non-hydrogen) atoms. The second-order valence-corrected chi connectivity index (χ2v) is 4.82. The number of quaternary nitrogens is 1. The van der Waals surface area contributed by atoms with Crippen LogP contribution in [-0.4, -0.2) is 36.1 Å². The Kier molecular flexibility index (Phi) is 4.37. The van der Waals surface area contributed by atoms with Crippen molar-refractivity contribution in [3.05, 3.63) is 17.7 Å². The lowest BCUT2D eigenvalue weighted by atomic mass is 10.2. The molecule has 0 spiro atoms.